The lowest BCUT2D eigenvalue weighted by molar-refractivity contribution is -0.138. The van der Waals surface area contributed by atoms with Crippen molar-refractivity contribution in [1.29, 1.82) is 0 Å². The zero-order valence-corrected chi connectivity index (χ0v) is 20.0. The second kappa shape index (κ2) is 11.2. The van der Waals surface area contributed by atoms with Gasteiger partial charge < -0.3 is 21.5 Å². The summed E-state index contributed by atoms with van der Waals surface area (Å²) in [6.07, 6.45) is 4.20. The highest BCUT2D eigenvalue weighted by atomic mass is 32.1. The van der Waals surface area contributed by atoms with E-state index in [-0.39, 0.29) is 17.5 Å². The molecule has 182 valence electrons. The standard InChI is InChI=1S/C26H28N4O4S/c27-23(31)20-14-21(35-24(20)30-26(28)33)18-10-6-7-16(13-18)15-29-22(17-8-4-5-9-17)25(32)34-19-11-2-1-3-12-19/h1-3,6-7,10-14,17,22,29H,4-5,8-9,15H2,(H2,27,31)(H3,28,30,33). The first-order valence-electron chi connectivity index (χ1n) is 11.5. The number of nitrogens with two attached hydrogens (primary N) is 2. The monoisotopic (exact) mass is 492 g/mol. The maximum absolute atomic E-state index is 13.0. The van der Waals surface area contributed by atoms with Gasteiger partial charge in [-0.05, 0) is 54.2 Å². The summed E-state index contributed by atoms with van der Waals surface area (Å²) >= 11 is 1.22. The lowest BCUT2D eigenvalue weighted by Crippen LogP contribution is -2.44. The smallest absolute Gasteiger partial charge is 0.328 e. The molecule has 6 N–H and O–H groups in total. The van der Waals surface area contributed by atoms with Gasteiger partial charge in [-0.3, -0.25) is 10.1 Å². The van der Waals surface area contributed by atoms with Crippen LogP contribution in [0, 0.1) is 5.92 Å². The van der Waals surface area contributed by atoms with Crippen molar-refractivity contribution in [3.05, 3.63) is 71.8 Å². The number of hydrogen-bond donors (Lipinski definition) is 4. The third-order valence-corrected chi connectivity index (χ3v) is 7.16. The van der Waals surface area contributed by atoms with Gasteiger partial charge in [0.15, 0.2) is 0 Å². The third kappa shape index (κ3) is 6.26. The van der Waals surface area contributed by atoms with Gasteiger partial charge in [0.05, 0.1) is 5.56 Å². The Hall–Kier alpha value is -3.69. The number of anilines is 1. The molecule has 0 aliphatic heterocycles. The van der Waals surface area contributed by atoms with Crippen LogP contribution >= 0.6 is 11.3 Å². The number of rotatable bonds is 9. The second-order valence-electron chi connectivity index (χ2n) is 8.54. The van der Waals surface area contributed by atoms with Crippen LogP contribution in [0.2, 0.25) is 0 Å². The van der Waals surface area contributed by atoms with Crippen LogP contribution in [0.4, 0.5) is 9.80 Å². The summed E-state index contributed by atoms with van der Waals surface area (Å²) in [5.41, 5.74) is 12.7. The fourth-order valence-electron chi connectivity index (χ4n) is 4.38. The molecule has 3 aromatic rings. The fourth-order valence-corrected chi connectivity index (χ4v) is 5.45. The molecule has 4 rings (SSSR count). The van der Waals surface area contributed by atoms with Gasteiger partial charge >= 0.3 is 12.0 Å². The highest BCUT2D eigenvalue weighted by Gasteiger charge is 2.32. The molecule has 0 saturated heterocycles. The van der Waals surface area contributed by atoms with Crippen molar-refractivity contribution in [2.75, 3.05) is 5.32 Å². The van der Waals surface area contributed by atoms with Gasteiger partial charge in [-0.1, -0.05) is 49.2 Å². The molecular weight excluding hydrogens is 464 g/mol. The first-order chi connectivity index (χ1) is 16.9. The Balaban J connectivity index is 1.50. The molecule has 1 atom stereocenters. The van der Waals surface area contributed by atoms with Crippen LogP contribution in [0.5, 0.6) is 5.75 Å². The Morgan fingerprint density at radius 2 is 1.74 bits per heavy atom. The quantitative estimate of drug-likeness (QED) is 0.261. The number of para-hydroxylation sites is 1. The molecule has 0 bridgehead atoms. The van der Waals surface area contributed by atoms with E-state index in [2.05, 4.69) is 10.6 Å². The topological polar surface area (TPSA) is 137 Å². The highest BCUT2D eigenvalue weighted by molar-refractivity contribution is 7.20. The van der Waals surface area contributed by atoms with Gasteiger partial charge in [0.1, 0.15) is 16.8 Å². The van der Waals surface area contributed by atoms with E-state index in [0.29, 0.717) is 17.3 Å². The SMILES string of the molecule is NC(=O)Nc1sc(-c2cccc(CNC(C(=O)Oc3ccccc3)C3CCCC3)c2)cc1C(N)=O. The number of ether oxygens (including phenoxy) is 1. The minimum absolute atomic E-state index is 0.206. The van der Waals surface area contributed by atoms with E-state index in [0.717, 1.165) is 41.7 Å². The van der Waals surface area contributed by atoms with Crippen molar-refractivity contribution in [2.45, 2.75) is 38.3 Å². The first kappa shape index (κ1) is 24.4. The minimum atomic E-state index is -0.765. The number of carbonyl (C=O) groups excluding carboxylic acids is 3. The molecule has 1 fully saturated rings. The van der Waals surface area contributed by atoms with Crippen LogP contribution in [0.3, 0.4) is 0 Å². The fraction of sp³-hybridized carbons (Fsp3) is 0.269. The van der Waals surface area contributed by atoms with Crippen molar-refractivity contribution in [3.8, 4) is 16.2 Å². The van der Waals surface area contributed by atoms with E-state index < -0.39 is 18.0 Å². The average Bonchev–Trinajstić information content (AvgIpc) is 3.50. The number of nitrogens with one attached hydrogen (secondary N) is 2. The third-order valence-electron chi connectivity index (χ3n) is 6.06. The lowest BCUT2D eigenvalue weighted by Gasteiger charge is -2.23. The number of amides is 3. The molecule has 3 amide bonds. The normalized spacial score (nSPS) is 14.4. The molecule has 1 heterocycles. The van der Waals surface area contributed by atoms with Gasteiger partial charge in [0.25, 0.3) is 5.91 Å². The maximum atomic E-state index is 13.0. The number of primary amides is 2. The van der Waals surface area contributed by atoms with E-state index in [4.69, 9.17) is 16.2 Å². The zero-order valence-electron chi connectivity index (χ0n) is 19.2. The molecule has 35 heavy (non-hydrogen) atoms. The minimum Gasteiger partial charge on any atom is -0.425 e. The summed E-state index contributed by atoms with van der Waals surface area (Å²) in [4.78, 5) is 36.9. The van der Waals surface area contributed by atoms with Crippen LogP contribution in [0.25, 0.3) is 10.4 Å². The summed E-state index contributed by atoms with van der Waals surface area (Å²) in [5.74, 6) is -0.156. The predicted molar refractivity (Wildman–Crippen MR) is 136 cm³/mol. The molecule has 9 heteroatoms. The number of carbonyl (C=O) groups is 3. The Morgan fingerprint density at radius 3 is 2.43 bits per heavy atom. The molecule has 1 saturated carbocycles. The summed E-state index contributed by atoms with van der Waals surface area (Å²) < 4.78 is 5.65. The molecule has 0 radical (unpaired) electrons. The number of benzene rings is 2. The van der Waals surface area contributed by atoms with Gasteiger partial charge in [-0.2, -0.15) is 0 Å². The Bertz CT molecular complexity index is 1210. The van der Waals surface area contributed by atoms with Crippen LogP contribution in [-0.2, 0) is 11.3 Å². The van der Waals surface area contributed by atoms with Crippen molar-refractivity contribution in [1.82, 2.24) is 5.32 Å². The van der Waals surface area contributed by atoms with Crippen LogP contribution in [-0.4, -0.2) is 23.9 Å². The lowest BCUT2D eigenvalue weighted by atomic mass is 9.97. The highest BCUT2D eigenvalue weighted by Crippen LogP contribution is 2.36. The van der Waals surface area contributed by atoms with Gasteiger partial charge in [-0.25, -0.2) is 9.59 Å². The van der Waals surface area contributed by atoms with Gasteiger partial charge in [0.2, 0.25) is 0 Å². The van der Waals surface area contributed by atoms with E-state index in [1.807, 2.05) is 42.5 Å². The van der Waals surface area contributed by atoms with Crippen LogP contribution in [0.15, 0.2) is 60.7 Å². The Morgan fingerprint density at radius 1 is 1.00 bits per heavy atom. The molecule has 1 aromatic heterocycles. The Labute approximate surface area is 207 Å². The molecule has 2 aromatic carbocycles. The Kier molecular flexibility index (Phi) is 7.79. The van der Waals surface area contributed by atoms with E-state index in [1.54, 1.807) is 18.2 Å². The maximum Gasteiger partial charge on any atom is 0.328 e. The summed E-state index contributed by atoms with van der Waals surface area (Å²) in [6.45, 7) is 0.472. The van der Waals surface area contributed by atoms with E-state index >= 15 is 0 Å². The number of hydrogen-bond acceptors (Lipinski definition) is 6. The molecule has 1 unspecified atom stereocenters. The second-order valence-corrected chi connectivity index (χ2v) is 9.60. The number of urea groups is 1. The molecular formula is C26H28N4O4S. The number of thiophene rings is 1. The van der Waals surface area contributed by atoms with Crippen molar-refractivity contribution >= 4 is 34.2 Å². The number of esters is 1. The van der Waals surface area contributed by atoms with Crippen molar-refractivity contribution < 1.29 is 19.1 Å². The summed E-state index contributed by atoms with van der Waals surface area (Å²) in [5, 5.41) is 6.19. The molecule has 1 aliphatic carbocycles. The van der Waals surface area contributed by atoms with Crippen LogP contribution in [0.1, 0.15) is 41.6 Å². The molecule has 1 aliphatic rings. The summed E-state index contributed by atoms with van der Waals surface area (Å²) in [7, 11) is 0. The van der Waals surface area contributed by atoms with Crippen molar-refractivity contribution in [3.63, 3.8) is 0 Å². The van der Waals surface area contributed by atoms with Crippen LogP contribution < -0.4 is 26.8 Å². The largest absolute Gasteiger partial charge is 0.425 e. The summed E-state index contributed by atoms with van der Waals surface area (Å²) in [6, 6.07) is 17.3. The predicted octanol–water partition coefficient (Wildman–Crippen LogP) is 4.26. The van der Waals surface area contributed by atoms with Gasteiger partial charge in [0, 0.05) is 11.4 Å². The molecule has 8 nitrogen and oxygen atoms in total. The van der Waals surface area contributed by atoms with E-state index in [1.165, 1.54) is 11.3 Å². The first-order valence-corrected chi connectivity index (χ1v) is 12.3. The zero-order chi connectivity index (χ0) is 24.8. The van der Waals surface area contributed by atoms with E-state index in [9.17, 15) is 14.4 Å². The molecule has 0 spiro atoms. The van der Waals surface area contributed by atoms with Gasteiger partial charge in [-0.15, -0.1) is 11.3 Å². The average molecular weight is 493 g/mol. The van der Waals surface area contributed by atoms with Crippen molar-refractivity contribution in [2.24, 2.45) is 17.4 Å².